The van der Waals surface area contributed by atoms with Gasteiger partial charge in [-0.3, -0.25) is 5.43 Å². The van der Waals surface area contributed by atoms with Crippen molar-refractivity contribution in [1.29, 1.82) is 0 Å². The van der Waals surface area contributed by atoms with Crippen LogP contribution in [0, 0.1) is 13.8 Å². The average molecular weight is 337 g/mol. The van der Waals surface area contributed by atoms with E-state index < -0.39 is 0 Å². The minimum Gasteiger partial charge on any atom is -0.372 e. The lowest BCUT2D eigenvalue weighted by atomic mass is 10.1. The molecule has 24 heavy (non-hydrogen) atoms. The van der Waals surface area contributed by atoms with Crippen molar-refractivity contribution in [2.45, 2.75) is 32.1 Å². The first-order valence-corrected chi connectivity index (χ1v) is 9.51. The van der Waals surface area contributed by atoms with Crippen LogP contribution in [0.25, 0.3) is 0 Å². The maximum atomic E-state index is 4.55. The van der Waals surface area contributed by atoms with Crippen LogP contribution >= 0.6 is 11.8 Å². The standard InChI is InChI=1S/C20H23N3S/c1-14-5-7-16(8-6-14)19-21-22-20(24-19)18-10-9-17(13-15(18)2)23-11-3-4-12-23/h5-10,13,20,22H,3-4,11-12H2,1-2H3/t20-/m0/s1. The van der Waals surface area contributed by atoms with Crippen LogP contribution in [0.5, 0.6) is 0 Å². The van der Waals surface area contributed by atoms with Crippen molar-refractivity contribution in [2.75, 3.05) is 18.0 Å². The Morgan fingerprint density at radius 3 is 2.50 bits per heavy atom. The smallest absolute Gasteiger partial charge is 0.126 e. The van der Waals surface area contributed by atoms with Gasteiger partial charge in [0.1, 0.15) is 10.4 Å². The molecule has 0 bridgehead atoms. The summed E-state index contributed by atoms with van der Waals surface area (Å²) in [4.78, 5) is 2.49. The summed E-state index contributed by atoms with van der Waals surface area (Å²) in [5, 5.41) is 5.83. The monoisotopic (exact) mass is 337 g/mol. The summed E-state index contributed by atoms with van der Waals surface area (Å²) in [5.74, 6) is 0. The van der Waals surface area contributed by atoms with E-state index in [1.54, 1.807) is 11.8 Å². The molecule has 2 heterocycles. The third kappa shape index (κ3) is 3.03. The summed E-state index contributed by atoms with van der Waals surface area (Å²) in [6, 6.07) is 15.4. The summed E-state index contributed by atoms with van der Waals surface area (Å²) in [6.45, 7) is 6.70. The van der Waals surface area contributed by atoms with E-state index >= 15 is 0 Å². The van der Waals surface area contributed by atoms with E-state index in [2.05, 4.69) is 71.7 Å². The molecule has 1 atom stereocenters. The first-order chi connectivity index (χ1) is 11.7. The molecule has 1 saturated heterocycles. The molecule has 0 unspecified atom stereocenters. The van der Waals surface area contributed by atoms with Gasteiger partial charge in [0, 0.05) is 24.3 Å². The summed E-state index contributed by atoms with van der Waals surface area (Å²) in [5.41, 5.74) is 9.79. The number of hydrogen-bond donors (Lipinski definition) is 1. The van der Waals surface area contributed by atoms with Gasteiger partial charge in [-0.2, -0.15) is 5.10 Å². The lowest BCUT2D eigenvalue weighted by Crippen LogP contribution is -2.18. The maximum absolute atomic E-state index is 4.55. The number of hydrogen-bond acceptors (Lipinski definition) is 4. The van der Waals surface area contributed by atoms with Gasteiger partial charge in [0.2, 0.25) is 0 Å². The van der Waals surface area contributed by atoms with Gasteiger partial charge in [0.15, 0.2) is 0 Å². The maximum Gasteiger partial charge on any atom is 0.126 e. The Morgan fingerprint density at radius 2 is 1.79 bits per heavy atom. The van der Waals surface area contributed by atoms with Crippen LogP contribution in [0.4, 0.5) is 5.69 Å². The lowest BCUT2D eigenvalue weighted by molar-refractivity contribution is 0.739. The number of nitrogens with zero attached hydrogens (tertiary/aromatic N) is 2. The van der Waals surface area contributed by atoms with Gasteiger partial charge in [0.25, 0.3) is 0 Å². The number of thioether (sulfide) groups is 1. The number of rotatable bonds is 3. The van der Waals surface area contributed by atoms with Gasteiger partial charge >= 0.3 is 0 Å². The average Bonchev–Trinajstić information content (AvgIpc) is 3.27. The van der Waals surface area contributed by atoms with Crippen LogP contribution in [0.2, 0.25) is 0 Å². The van der Waals surface area contributed by atoms with Crippen LogP contribution < -0.4 is 10.3 Å². The second-order valence-electron chi connectivity index (χ2n) is 6.65. The molecule has 0 aromatic heterocycles. The number of anilines is 1. The van der Waals surface area contributed by atoms with Crippen LogP contribution in [0.3, 0.4) is 0 Å². The van der Waals surface area contributed by atoms with Crippen molar-refractivity contribution < 1.29 is 0 Å². The zero-order valence-electron chi connectivity index (χ0n) is 14.2. The number of hydrazone groups is 1. The molecule has 2 aromatic rings. The zero-order chi connectivity index (χ0) is 16.5. The van der Waals surface area contributed by atoms with Gasteiger partial charge in [-0.1, -0.05) is 47.7 Å². The van der Waals surface area contributed by atoms with Crippen molar-refractivity contribution in [3.63, 3.8) is 0 Å². The third-order valence-corrected chi connectivity index (χ3v) is 5.96. The quantitative estimate of drug-likeness (QED) is 0.887. The van der Waals surface area contributed by atoms with Crippen LogP contribution in [-0.4, -0.2) is 18.1 Å². The molecule has 0 radical (unpaired) electrons. The second kappa shape index (κ2) is 6.52. The fourth-order valence-electron chi connectivity index (χ4n) is 3.37. The molecule has 0 spiro atoms. The minimum atomic E-state index is 0.203. The van der Waals surface area contributed by atoms with Crippen LogP contribution in [0.15, 0.2) is 47.6 Å². The van der Waals surface area contributed by atoms with Gasteiger partial charge < -0.3 is 4.90 Å². The molecule has 2 aliphatic rings. The highest BCUT2D eigenvalue weighted by atomic mass is 32.2. The molecular formula is C20H23N3S. The molecule has 0 aliphatic carbocycles. The Bertz CT molecular complexity index is 761. The van der Waals surface area contributed by atoms with E-state index in [1.165, 1.54) is 53.9 Å². The van der Waals surface area contributed by atoms with Gasteiger partial charge in [-0.05, 0) is 49.9 Å². The van der Waals surface area contributed by atoms with Crippen molar-refractivity contribution in [3.05, 3.63) is 64.7 Å². The molecule has 4 rings (SSSR count). The molecule has 1 fully saturated rings. The molecule has 124 valence electrons. The van der Waals surface area contributed by atoms with E-state index in [-0.39, 0.29) is 5.37 Å². The fourth-order valence-corrected chi connectivity index (χ4v) is 4.47. The van der Waals surface area contributed by atoms with Crippen molar-refractivity contribution >= 4 is 22.5 Å². The van der Waals surface area contributed by atoms with Gasteiger partial charge in [-0.15, -0.1) is 0 Å². The molecule has 1 N–H and O–H groups in total. The predicted molar refractivity (Wildman–Crippen MR) is 104 cm³/mol. The first-order valence-electron chi connectivity index (χ1n) is 8.63. The third-order valence-electron chi connectivity index (χ3n) is 4.82. The van der Waals surface area contributed by atoms with E-state index in [1.807, 2.05) is 0 Å². The first kappa shape index (κ1) is 15.6. The number of aryl methyl sites for hydroxylation is 2. The molecule has 2 aromatic carbocycles. The highest BCUT2D eigenvalue weighted by molar-refractivity contribution is 8.14. The van der Waals surface area contributed by atoms with E-state index in [0.29, 0.717) is 0 Å². The summed E-state index contributed by atoms with van der Waals surface area (Å²) < 4.78 is 0. The Kier molecular flexibility index (Phi) is 4.23. The predicted octanol–water partition coefficient (Wildman–Crippen LogP) is 4.60. The second-order valence-corrected chi connectivity index (χ2v) is 7.74. The highest BCUT2D eigenvalue weighted by Gasteiger charge is 2.24. The van der Waals surface area contributed by atoms with E-state index in [9.17, 15) is 0 Å². The molecular weight excluding hydrogens is 314 g/mol. The van der Waals surface area contributed by atoms with Crippen molar-refractivity contribution in [1.82, 2.24) is 5.43 Å². The molecule has 4 heteroatoms. The van der Waals surface area contributed by atoms with E-state index in [4.69, 9.17) is 0 Å². The number of nitrogens with one attached hydrogen (secondary N) is 1. The summed E-state index contributed by atoms with van der Waals surface area (Å²) >= 11 is 1.80. The highest BCUT2D eigenvalue weighted by Crippen LogP contribution is 2.37. The topological polar surface area (TPSA) is 27.6 Å². The Balaban J connectivity index is 1.50. The number of benzene rings is 2. The normalized spacial score (nSPS) is 20.2. The molecule has 0 amide bonds. The van der Waals surface area contributed by atoms with E-state index in [0.717, 1.165) is 5.04 Å². The Labute approximate surface area is 148 Å². The summed E-state index contributed by atoms with van der Waals surface area (Å²) in [7, 11) is 0. The lowest BCUT2D eigenvalue weighted by Gasteiger charge is -2.20. The minimum absolute atomic E-state index is 0.203. The fraction of sp³-hybridized carbons (Fsp3) is 0.350. The summed E-state index contributed by atoms with van der Waals surface area (Å²) in [6.07, 6.45) is 2.63. The Hall–Kier alpha value is -1.94. The van der Waals surface area contributed by atoms with Crippen molar-refractivity contribution in [3.8, 4) is 0 Å². The SMILES string of the molecule is Cc1ccc(C2=NN[C@H](c3ccc(N4CCCC4)cc3C)S2)cc1. The largest absolute Gasteiger partial charge is 0.372 e. The zero-order valence-corrected chi connectivity index (χ0v) is 15.1. The van der Waals surface area contributed by atoms with Gasteiger partial charge in [0.05, 0.1) is 0 Å². The van der Waals surface area contributed by atoms with Gasteiger partial charge in [-0.25, -0.2) is 0 Å². The van der Waals surface area contributed by atoms with Crippen LogP contribution in [0.1, 0.15) is 40.5 Å². The Morgan fingerprint density at radius 1 is 1.04 bits per heavy atom. The molecule has 2 aliphatic heterocycles. The van der Waals surface area contributed by atoms with Crippen molar-refractivity contribution in [2.24, 2.45) is 5.10 Å². The molecule has 3 nitrogen and oxygen atoms in total. The molecule has 0 saturated carbocycles. The van der Waals surface area contributed by atoms with Crippen LogP contribution in [-0.2, 0) is 0 Å².